The standard InChI is InChI=1S/C8H4ClNO3S/c9-5-1-3-4(8(12)13)2-10-7(11)6(3)14-5/h1-2H,(H,10,11)(H,12,13). The van der Waals surface area contributed by atoms with E-state index < -0.39 is 5.97 Å². The Morgan fingerprint density at radius 2 is 2.29 bits per heavy atom. The van der Waals surface area contributed by atoms with Crippen LogP contribution in [0.1, 0.15) is 10.4 Å². The lowest BCUT2D eigenvalue weighted by Crippen LogP contribution is -2.07. The molecule has 0 atom stereocenters. The monoisotopic (exact) mass is 229 g/mol. The Labute approximate surface area is 86.8 Å². The number of aromatic amines is 1. The van der Waals surface area contributed by atoms with Gasteiger partial charge in [-0.1, -0.05) is 11.6 Å². The van der Waals surface area contributed by atoms with Crippen molar-refractivity contribution >= 4 is 39.0 Å². The van der Waals surface area contributed by atoms with Crippen LogP contribution >= 0.6 is 22.9 Å². The summed E-state index contributed by atoms with van der Waals surface area (Å²) in [5, 5.41) is 9.21. The highest BCUT2D eigenvalue weighted by Crippen LogP contribution is 2.28. The highest BCUT2D eigenvalue weighted by atomic mass is 35.5. The Morgan fingerprint density at radius 3 is 2.93 bits per heavy atom. The number of aromatic nitrogens is 1. The average Bonchev–Trinajstić information content (AvgIpc) is 2.47. The number of hydrogen-bond acceptors (Lipinski definition) is 3. The van der Waals surface area contributed by atoms with E-state index in [1.54, 1.807) is 0 Å². The number of hydrogen-bond donors (Lipinski definition) is 2. The van der Waals surface area contributed by atoms with Gasteiger partial charge in [0, 0.05) is 11.6 Å². The van der Waals surface area contributed by atoms with Crippen molar-refractivity contribution in [3.63, 3.8) is 0 Å². The summed E-state index contributed by atoms with van der Waals surface area (Å²) in [5.41, 5.74) is -0.260. The predicted molar refractivity (Wildman–Crippen MR) is 54.4 cm³/mol. The zero-order chi connectivity index (χ0) is 10.3. The first-order valence-corrected chi connectivity index (χ1v) is 4.83. The Hall–Kier alpha value is -1.33. The molecule has 0 fully saturated rings. The Kier molecular flexibility index (Phi) is 2.05. The van der Waals surface area contributed by atoms with Crippen LogP contribution in [0.3, 0.4) is 0 Å². The minimum Gasteiger partial charge on any atom is -0.478 e. The molecule has 2 heterocycles. The lowest BCUT2D eigenvalue weighted by Gasteiger charge is -1.94. The molecule has 2 rings (SSSR count). The molecular formula is C8H4ClNO3S. The van der Waals surface area contributed by atoms with Crippen molar-refractivity contribution in [2.24, 2.45) is 0 Å². The van der Waals surface area contributed by atoms with Crippen molar-refractivity contribution in [3.8, 4) is 0 Å². The van der Waals surface area contributed by atoms with Crippen molar-refractivity contribution in [2.45, 2.75) is 0 Å². The fourth-order valence-electron chi connectivity index (χ4n) is 1.19. The van der Waals surface area contributed by atoms with Gasteiger partial charge in [-0.05, 0) is 6.07 Å². The molecule has 0 aliphatic carbocycles. The molecule has 0 aliphatic heterocycles. The first kappa shape index (κ1) is 9.23. The summed E-state index contributed by atoms with van der Waals surface area (Å²) in [5.74, 6) is -1.08. The summed E-state index contributed by atoms with van der Waals surface area (Å²) in [4.78, 5) is 24.4. The van der Waals surface area contributed by atoms with Crippen molar-refractivity contribution in [2.75, 3.05) is 0 Å². The van der Waals surface area contributed by atoms with Gasteiger partial charge < -0.3 is 10.1 Å². The number of pyridine rings is 1. The molecule has 0 aliphatic rings. The molecule has 0 amide bonds. The van der Waals surface area contributed by atoms with Gasteiger partial charge in [-0.2, -0.15) is 0 Å². The maximum absolute atomic E-state index is 11.3. The van der Waals surface area contributed by atoms with Crippen LogP contribution in [0.4, 0.5) is 0 Å². The first-order chi connectivity index (χ1) is 6.59. The van der Waals surface area contributed by atoms with Gasteiger partial charge in [0.2, 0.25) is 0 Å². The van der Waals surface area contributed by atoms with Gasteiger partial charge in [-0.25, -0.2) is 4.79 Å². The number of carboxylic acids is 1. The van der Waals surface area contributed by atoms with Gasteiger partial charge in [0.1, 0.15) is 4.70 Å². The second-order valence-electron chi connectivity index (χ2n) is 2.63. The van der Waals surface area contributed by atoms with Crippen LogP contribution in [0, 0.1) is 0 Å². The normalized spacial score (nSPS) is 10.6. The number of aromatic carboxylic acids is 1. The molecule has 0 unspecified atom stereocenters. The number of thiophene rings is 1. The van der Waals surface area contributed by atoms with Crippen molar-refractivity contribution < 1.29 is 9.90 Å². The third-order valence-electron chi connectivity index (χ3n) is 1.78. The van der Waals surface area contributed by atoms with E-state index in [0.717, 1.165) is 11.3 Å². The lowest BCUT2D eigenvalue weighted by molar-refractivity contribution is 0.0698. The zero-order valence-corrected chi connectivity index (χ0v) is 8.28. The third kappa shape index (κ3) is 1.30. The van der Waals surface area contributed by atoms with Crippen LogP contribution in [0.2, 0.25) is 4.34 Å². The van der Waals surface area contributed by atoms with Crippen molar-refractivity contribution in [3.05, 3.63) is 32.5 Å². The quantitative estimate of drug-likeness (QED) is 0.785. The highest BCUT2D eigenvalue weighted by molar-refractivity contribution is 7.22. The van der Waals surface area contributed by atoms with Gasteiger partial charge in [0.25, 0.3) is 5.56 Å². The number of rotatable bonds is 1. The molecule has 0 saturated heterocycles. The summed E-state index contributed by atoms with van der Waals surface area (Å²) in [6.45, 7) is 0. The van der Waals surface area contributed by atoms with E-state index in [-0.39, 0.29) is 11.1 Å². The molecule has 0 spiro atoms. The van der Waals surface area contributed by atoms with Gasteiger partial charge in [-0.3, -0.25) is 4.79 Å². The van der Waals surface area contributed by atoms with Crippen LogP contribution in [-0.2, 0) is 0 Å². The van der Waals surface area contributed by atoms with Crippen LogP contribution < -0.4 is 5.56 Å². The molecule has 14 heavy (non-hydrogen) atoms. The lowest BCUT2D eigenvalue weighted by atomic mass is 10.2. The van der Waals surface area contributed by atoms with E-state index in [0.29, 0.717) is 14.4 Å². The van der Waals surface area contributed by atoms with Crippen LogP contribution in [0.5, 0.6) is 0 Å². The molecule has 4 nitrogen and oxygen atoms in total. The summed E-state index contributed by atoms with van der Waals surface area (Å²) < 4.78 is 0.745. The second kappa shape index (κ2) is 3.11. The minimum atomic E-state index is -1.08. The first-order valence-electron chi connectivity index (χ1n) is 3.63. The maximum atomic E-state index is 11.3. The Morgan fingerprint density at radius 1 is 1.57 bits per heavy atom. The molecule has 72 valence electrons. The fourth-order valence-corrected chi connectivity index (χ4v) is 2.33. The average molecular weight is 230 g/mol. The van der Waals surface area contributed by atoms with Crippen molar-refractivity contribution in [1.29, 1.82) is 0 Å². The van der Waals surface area contributed by atoms with E-state index in [1.165, 1.54) is 12.3 Å². The Balaban J connectivity index is 2.95. The SMILES string of the molecule is O=C(O)c1c[nH]c(=O)c2sc(Cl)cc12. The topological polar surface area (TPSA) is 70.2 Å². The number of carboxylic acid groups (broad SMARTS) is 1. The molecule has 2 N–H and O–H groups in total. The summed E-state index contributed by atoms with van der Waals surface area (Å²) >= 11 is 6.77. The summed E-state index contributed by atoms with van der Waals surface area (Å²) in [6.07, 6.45) is 1.18. The van der Waals surface area contributed by atoms with Crippen LogP contribution in [-0.4, -0.2) is 16.1 Å². The number of H-pyrrole nitrogens is 1. The molecule has 0 bridgehead atoms. The van der Waals surface area contributed by atoms with Gasteiger partial charge in [0.15, 0.2) is 0 Å². The molecule has 0 saturated carbocycles. The number of carbonyl (C=O) groups is 1. The Bertz CT molecular complexity index is 571. The van der Waals surface area contributed by atoms with E-state index >= 15 is 0 Å². The summed E-state index contributed by atoms with van der Waals surface area (Å²) in [7, 11) is 0. The van der Waals surface area contributed by atoms with Gasteiger partial charge in [-0.15, -0.1) is 11.3 Å². The number of nitrogens with one attached hydrogen (secondary N) is 1. The van der Waals surface area contributed by atoms with Gasteiger partial charge in [0.05, 0.1) is 9.90 Å². The highest BCUT2D eigenvalue weighted by Gasteiger charge is 2.13. The second-order valence-corrected chi connectivity index (χ2v) is 4.31. The smallest absolute Gasteiger partial charge is 0.337 e. The van der Waals surface area contributed by atoms with E-state index in [9.17, 15) is 9.59 Å². The fraction of sp³-hybridized carbons (Fsp3) is 0. The largest absolute Gasteiger partial charge is 0.478 e. The number of fused-ring (bicyclic) bond motifs is 1. The van der Waals surface area contributed by atoms with Crippen molar-refractivity contribution in [1.82, 2.24) is 4.98 Å². The van der Waals surface area contributed by atoms with Crippen LogP contribution in [0.15, 0.2) is 17.1 Å². The van der Waals surface area contributed by atoms with E-state index in [4.69, 9.17) is 16.7 Å². The molecular weight excluding hydrogens is 226 g/mol. The maximum Gasteiger partial charge on any atom is 0.337 e. The number of halogens is 1. The zero-order valence-electron chi connectivity index (χ0n) is 6.70. The molecule has 0 aromatic carbocycles. The molecule has 6 heteroatoms. The summed E-state index contributed by atoms with van der Waals surface area (Å²) in [6, 6.07) is 1.49. The predicted octanol–water partition coefficient (Wildman–Crippen LogP) is 1.94. The molecule has 0 radical (unpaired) electrons. The van der Waals surface area contributed by atoms with Gasteiger partial charge >= 0.3 is 5.97 Å². The third-order valence-corrected chi connectivity index (χ3v) is 3.04. The molecule has 2 aromatic rings. The van der Waals surface area contributed by atoms with E-state index in [2.05, 4.69) is 4.98 Å². The van der Waals surface area contributed by atoms with E-state index in [1.807, 2.05) is 0 Å². The van der Waals surface area contributed by atoms with Crippen LogP contribution in [0.25, 0.3) is 10.1 Å². The minimum absolute atomic E-state index is 0.0581. The molecule has 2 aromatic heterocycles.